The molecule has 98 valence electrons. The second-order valence-electron chi connectivity index (χ2n) is 4.36. The Labute approximate surface area is 108 Å². The molecule has 0 fully saturated rings. The van der Waals surface area contributed by atoms with Gasteiger partial charge in [-0.2, -0.15) is 5.10 Å². The van der Waals surface area contributed by atoms with Crippen LogP contribution in [0.3, 0.4) is 0 Å². The maximum absolute atomic E-state index is 11.3. The van der Waals surface area contributed by atoms with Gasteiger partial charge in [0, 0.05) is 18.5 Å². The second-order valence-corrected chi connectivity index (χ2v) is 4.36. The van der Waals surface area contributed by atoms with E-state index in [4.69, 9.17) is 4.42 Å². The monoisotopic (exact) mass is 259 g/mol. The highest BCUT2D eigenvalue weighted by Gasteiger charge is 2.08. The van der Waals surface area contributed by atoms with Gasteiger partial charge in [0.05, 0.1) is 6.26 Å². The average molecular weight is 259 g/mol. The van der Waals surface area contributed by atoms with Gasteiger partial charge in [-0.25, -0.2) is 19.3 Å². The minimum absolute atomic E-state index is 0.159. The lowest BCUT2D eigenvalue weighted by atomic mass is 10.2. The summed E-state index contributed by atoms with van der Waals surface area (Å²) in [5, 5.41) is 9.50. The average Bonchev–Trinajstić information content (AvgIpc) is 3.00. The summed E-state index contributed by atoms with van der Waals surface area (Å²) in [4.78, 5) is 15.5. The molecular weight excluding hydrogens is 246 g/mol. The first-order chi connectivity index (χ1) is 9.22. The molecule has 0 aliphatic heterocycles. The maximum atomic E-state index is 11.3. The van der Waals surface area contributed by atoms with Gasteiger partial charge >= 0.3 is 5.69 Å². The molecule has 1 unspecified atom stereocenters. The van der Waals surface area contributed by atoms with Gasteiger partial charge in [0.15, 0.2) is 5.65 Å². The van der Waals surface area contributed by atoms with Crippen LogP contribution in [0.15, 0.2) is 40.0 Å². The third-order valence-corrected chi connectivity index (χ3v) is 2.79. The summed E-state index contributed by atoms with van der Waals surface area (Å²) in [6.07, 6.45) is 3.86. The van der Waals surface area contributed by atoms with Gasteiger partial charge in [0.25, 0.3) is 0 Å². The number of H-pyrrole nitrogens is 1. The van der Waals surface area contributed by atoms with Crippen molar-refractivity contribution in [3.63, 3.8) is 0 Å². The van der Waals surface area contributed by atoms with Crippen molar-refractivity contribution in [2.45, 2.75) is 19.4 Å². The highest BCUT2D eigenvalue weighted by atomic mass is 16.3. The van der Waals surface area contributed by atoms with E-state index >= 15 is 0 Å². The number of hydrogen-bond acceptors (Lipinski definition) is 5. The third kappa shape index (κ3) is 2.35. The summed E-state index contributed by atoms with van der Waals surface area (Å²) in [5.41, 5.74) is 0.241. The van der Waals surface area contributed by atoms with E-state index in [1.807, 2.05) is 19.1 Å². The van der Waals surface area contributed by atoms with Crippen LogP contribution in [-0.4, -0.2) is 25.6 Å². The van der Waals surface area contributed by atoms with Crippen LogP contribution in [0.25, 0.3) is 5.65 Å². The second kappa shape index (κ2) is 4.60. The molecule has 0 aliphatic rings. The van der Waals surface area contributed by atoms with E-state index in [9.17, 15) is 4.79 Å². The lowest BCUT2D eigenvalue weighted by Crippen LogP contribution is -2.19. The molecule has 0 spiro atoms. The molecule has 2 N–H and O–H groups in total. The van der Waals surface area contributed by atoms with Crippen LogP contribution in [0.5, 0.6) is 0 Å². The van der Waals surface area contributed by atoms with Gasteiger partial charge in [-0.15, -0.1) is 0 Å². The third-order valence-electron chi connectivity index (χ3n) is 2.79. The number of nitrogens with zero attached hydrogens (tertiary/aromatic N) is 3. The number of rotatable bonds is 4. The van der Waals surface area contributed by atoms with Crippen LogP contribution in [0, 0.1) is 0 Å². The molecule has 0 bridgehead atoms. The first kappa shape index (κ1) is 11.5. The van der Waals surface area contributed by atoms with E-state index in [-0.39, 0.29) is 11.7 Å². The molecule has 0 saturated carbocycles. The fraction of sp³-hybridized carbons (Fsp3) is 0.250. The lowest BCUT2D eigenvalue weighted by molar-refractivity contribution is 0.497. The zero-order chi connectivity index (χ0) is 13.2. The molecule has 3 rings (SSSR count). The standard InChI is InChI=1S/C12H13N5O2/c1-8(5-9-3-2-4-19-9)14-10-6-11-15-16-12(18)17(11)7-13-10/h2-4,6-8,14H,5H2,1H3,(H,16,18). The van der Waals surface area contributed by atoms with Gasteiger partial charge in [0.2, 0.25) is 0 Å². The fourth-order valence-electron chi connectivity index (χ4n) is 1.92. The van der Waals surface area contributed by atoms with Crippen molar-refractivity contribution in [2.75, 3.05) is 5.32 Å². The minimum Gasteiger partial charge on any atom is -0.469 e. The summed E-state index contributed by atoms with van der Waals surface area (Å²) in [6.45, 7) is 2.03. The van der Waals surface area contributed by atoms with Crippen molar-refractivity contribution in [1.82, 2.24) is 19.6 Å². The molecule has 1 atom stereocenters. The zero-order valence-electron chi connectivity index (χ0n) is 10.3. The predicted molar refractivity (Wildman–Crippen MR) is 69.1 cm³/mol. The summed E-state index contributed by atoms with van der Waals surface area (Å²) >= 11 is 0. The topological polar surface area (TPSA) is 88.2 Å². The van der Waals surface area contributed by atoms with E-state index in [2.05, 4.69) is 20.5 Å². The van der Waals surface area contributed by atoms with E-state index in [1.165, 1.54) is 10.7 Å². The number of furan rings is 1. The van der Waals surface area contributed by atoms with Crippen molar-refractivity contribution in [3.05, 3.63) is 47.0 Å². The number of hydrogen-bond donors (Lipinski definition) is 2. The Morgan fingerprint density at radius 2 is 2.47 bits per heavy atom. The number of nitrogens with one attached hydrogen (secondary N) is 2. The lowest BCUT2D eigenvalue weighted by Gasteiger charge is -2.12. The van der Waals surface area contributed by atoms with Crippen molar-refractivity contribution >= 4 is 11.5 Å². The molecule has 3 heterocycles. The van der Waals surface area contributed by atoms with Crippen LogP contribution in [0.1, 0.15) is 12.7 Å². The zero-order valence-corrected chi connectivity index (χ0v) is 10.3. The van der Waals surface area contributed by atoms with Crippen LogP contribution in [0.4, 0.5) is 5.82 Å². The smallest absolute Gasteiger partial charge is 0.348 e. The van der Waals surface area contributed by atoms with Crippen LogP contribution < -0.4 is 11.0 Å². The molecule has 0 saturated heterocycles. The van der Waals surface area contributed by atoms with Gasteiger partial charge in [-0.3, -0.25) is 0 Å². The van der Waals surface area contributed by atoms with Gasteiger partial charge < -0.3 is 9.73 Å². The van der Waals surface area contributed by atoms with E-state index in [0.717, 1.165) is 12.2 Å². The maximum Gasteiger partial charge on any atom is 0.348 e. The highest BCUT2D eigenvalue weighted by molar-refractivity contribution is 5.48. The van der Waals surface area contributed by atoms with E-state index < -0.39 is 0 Å². The first-order valence-electron chi connectivity index (χ1n) is 5.94. The number of fused-ring (bicyclic) bond motifs is 1. The quantitative estimate of drug-likeness (QED) is 0.731. The summed E-state index contributed by atoms with van der Waals surface area (Å²) in [5.74, 6) is 1.59. The number of anilines is 1. The Hall–Kier alpha value is -2.57. The Morgan fingerprint density at radius 3 is 3.26 bits per heavy atom. The van der Waals surface area contributed by atoms with Gasteiger partial charge in [-0.1, -0.05) is 0 Å². The van der Waals surface area contributed by atoms with Crippen molar-refractivity contribution in [1.29, 1.82) is 0 Å². The molecular formula is C12H13N5O2. The van der Waals surface area contributed by atoms with Gasteiger partial charge in [0.1, 0.15) is 17.9 Å². The normalized spacial score (nSPS) is 12.7. The summed E-state index contributed by atoms with van der Waals surface area (Å²) in [6, 6.07) is 5.67. The molecule has 3 aromatic heterocycles. The highest BCUT2D eigenvalue weighted by Crippen LogP contribution is 2.10. The van der Waals surface area contributed by atoms with Crippen LogP contribution in [-0.2, 0) is 6.42 Å². The Morgan fingerprint density at radius 1 is 1.58 bits per heavy atom. The van der Waals surface area contributed by atoms with E-state index in [1.54, 1.807) is 12.3 Å². The number of aromatic amines is 1. The molecule has 0 aliphatic carbocycles. The summed E-state index contributed by atoms with van der Waals surface area (Å²) < 4.78 is 6.64. The SMILES string of the molecule is CC(Cc1ccco1)Nc1cc2n[nH]c(=O)n2cn1. The first-order valence-corrected chi connectivity index (χ1v) is 5.94. The van der Waals surface area contributed by atoms with Crippen molar-refractivity contribution < 1.29 is 4.42 Å². The molecule has 19 heavy (non-hydrogen) atoms. The molecule has 0 aromatic carbocycles. The molecule has 7 nitrogen and oxygen atoms in total. The largest absolute Gasteiger partial charge is 0.469 e. The molecule has 7 heteroatoms. The fourth-order valence-corrected chi connectivity index (χ4v) is 1.92. The number of aromatic nitrogens is 4. The molecule has 0 radical (unpaired) electrons. The van der Waals surface area contributed by atoms with E-state index in [0.29, 0.717) is 11.5 Å². The minimum atomic E-state index is -0.294. The van der Waals surface area contributed by atoms with Crippen molar-refractivity contribution in [3.8, 4) is 0 Å². The van der Waals surface area contributed by atoms with Crippen LogP contribution >= 0.6 is 0 Å². The predicted octanol–water partition coefficient (Wildman–Crippen LogP) is 1.05. The van der Waals surface area contributed by atoms with Gasteiger partial charge in [-0.05, 0) is 19.1 Å². The Balaban J connectivity index is 1.75. The summed E-state index contributed by atoms with van der Waals surface area (Å²) in [7, 11) is 0. The Bertz CT molecular complexity index is 728. The van der Waals surface area contributed by atoms with Crippen LogP contribution in [0.2, 0.25) is 0 Å². The Kier molecular flexibility index (Phi) is 2.79. The molecule has 3 aromatic rings. The van der Waals surface area contributed by atoms with Crippen molar-refractivity contribution in [2.24, 2.45) is 0 Å². The molecule has 0 amide bonds.